The molecule has 1 unspecified atom stereocenters. The maximum atomic E-state index is 10.6. The molecule has 0 fully saturated rings. The Morgan fingerprint density at radius 2 is 1.95 bits per heavy atom. The minimum atomic E-state index is -0.635. The number of aryl methyl sites for hydroxylation is 1. The molecule has 0 saturated heterocycles. The highest BCUT2D eigenvalue weighted by Crippen LogP contribution is 2.33. The zero-order chi connectivity index (χ0) is 14.1. The van der Waals surface area contributed by atoms with E-state index in [-0.39, 0.29) is 0 Å². The Kier molecular flexibility index (Phi) is 4.15. The Bertz CT molecular complexity index is 640. The van der Waals surface area contributed by atoms with Crippen LogP contribution in [0, 0.1) is 0 Å². The van der Waals surface area contributed by atoms with Crippen LogP contribution in [-0.4, -0.2) is 11.7 Å². The van der Waals surface area contributed by atoms with E-state index in [0.29, 0.717) is 0 Å². The third-order valence-electron chi connectivity index (χ3n) is 3.51. The van der Waals surface area contributed by atoms with E-state index in [2.05, 4.69) is 31.9 Å². The summed E-state index contributed by atoms with van der Waals surface area (Å²) in [6, 6.07) is 11.7. The summed E-state index contributed by atoms with van der Waals surface area (Å²) in [5, 5.41) is 10.6. The lowest BCUT2D eigenvalue weighted by molar-refractivity contribution is 0.218. The molecule has 2 aromatic carbocycles. The molecular formula is C16H14Br2O2. The smallest absolute Gasteiger partial charge is 0.122 e. The molecule has 2 nitrogen and oxygen atoms in total. The number of ether oxygens (including phenoxy) is 1. The lowest BCUT2D eigenvalue weighted by Gasteiger charge is -2.20. The topological polar surface area (TPSA) is 29.5 Å². The molecule has 1 atom stereocenters. The normalized spacial score (nSPS) is 15.3. The van der Waals surface area contributed by atoms with Crippen molar-refractivity contribution < 1.29 is 9.84 Å². The number of benzene rings is 2. The second-order valence-corrected chi connectivity index (χ2v) is 6.66. The first kappa shape index (κ1) is 14.1. The zero-order valence-corrected chi connectivity index (χ0v) is 13.9. The van der Waals surface area contributed by atoms with Gasteiger partial charge in [-0.15, -0.1) is 0 Å². The van der Waals surface area contributed by atoms with Gasteiger partial charge < -0.3 is 9.84 Å². The van der Waals surface area contributed by atoms with Crippen molar-refractivity contribution in [1.29, 1.82) is 0 Å². The van der Waals surface area contributed by atoms with Crippen molar-refractivity contribution in [3.63, 3.8) is 0 Å². The van der Waals surface area contributed by atoms with Crippen LogP contribution in [0.4, 0.5) is 0 Å². The Hall–Kier alpha value is -0.840. The number of hydrogen-bond acceptors (Lipinski definition) is 2. The molecule has 3 rings (SSSR count). The van der Waals surface area contributed by atoms with Gasteiger partial charge >= 0.3 is 0 Å². The molecule has 1 aliphatic rings. The van der Waals surface area contributed by atoms with Crippen molar-refractivity contribution in [2.75, 3.05) is 6.61 Å². The summed E-state index contributed by atoms with van der Waals surface area (Å²) in [5.41, 5.74) is 2.95. The van der Waals surface area contributed by atoms with Gasteiger partial charge in [0, 0.05) is 8.95 Å². The van der Waals surface area contributed by atoms with Crippen LogP contribution in [0.3, 0.4) is 0 Å². The molecule has 0 aliphatic carbocycles. The van der Waals surface area contributed by atoms with Crippen LogP contribution in [0.1, 0.15) is 29.2 Å². The van der Waals surface area contributed by atoms with E-state index in [4.69, 9.17) is 4.74 Å². The first-order valence-electron chi connectivity index (χ1n) is 6.54. The molecule has 0 aromatic heterocycles. The summed E-state index contributed by atoms with van der Waals surface area (Å²) >= 11 is 6.93. The van der Waals surface area contributed by atoms with E-state index in [1.54, 1.807) is 0 Å². The maximum absolute atomic E-state index is 10.6. The van der Waals surface area contributed by atoms with Crippen LogP contribution in [0.15, 0.2) is 45.3 Å². The third-order valence-corrected chi connectivity index (χ3v) is 4.69. The van der Waals surface area contributed by atoms with Crippen molar-refractivity contribution >= 4 is 31.9 Å². The third kappa shape index (κ3) is 2.78. The van der Waals surface area contributed by atoms with Gasteiger partial charge in [-0.3, -0.25) is 0 Å². The quantitative estimate of drug-likeness (QED) is 0.801. The van der Waals surface area contributed by atoms with Crippen molar-refractivity contribution in [3.05, 3.63) is 62.0 Å². The number of fused-ring (bicyclic) bond motifs is 1. The molecule has 1 heterocycles. The maximum Gasteiger partial charge on any atom is 0.122 e. The van der Waals surface area contributed by atoms with E-state index in [1.165, 1.54) is 5.56 Å². The first-order valence-corrected chi connectivity index (χ1v) is 8.12. The lowest BCUT2D eigenvalue weighted by Crippen LogP contribution is -2.09. The summed E-state index contributed by atoms with van der Waals surface area (Å²) in [5.74, 6) is 0.946. The second kappa shape index (κ2) is 5.88. The number of halogens is 2. The molecule has 104 valence electrons. The van der Waals surface area contributed by atoms with Gasteiger partial charge in [0.15, 0.2) is 0 Å². The van der Waals surface area contributed by atoms with Crippen LogP contribution in [-0.2, 0) is 6.42 Å². The predicted molar refractivity (Wildman–Crippen MR) is 86.2 cm³/mol. The highest BCUT2D eigenvalue weighted by molar-refractivity contribution is 9.11. The Labute approximate surface area is 135 Å². The summed E-state index contributed by atoms with van der Waals surface area (Å²) in [4.78, 5) is 0. The van der Waals surface area contributed by atoms with Gasteiger partial charge in [-0.25, -0.2) is 0 Å². The van der Waals surface area contributed by atoms with Gasteiger partial charge in [0.2, 0.25) is 0 Å². The van der Waals surface area contributed by atoms with Crippen LogP contribution >= 0.6 is 31.9 Å². The molecule has 0 amide bonds. The molecule has 0 radical (unpaired) electrons. The first-order chi connectivity index (χ1) is 9.65. The molecule has 1 N–H and O–H groups in total. The number of aliphatic hydroxyl groups is 1. The zero-order valence-electron chi connectivity index (χ0n) is 10.8. The fourth-order valence-corrected chi connectivity index (χ4v) is 3.72. The molecule has 0 saturated carbocycles. The number of aliphatic hydroxyl groups excluding tert-OH is 1. The Morgan fingerprint density at radius 3 is 2.75 bits per heavy atom. The molecule has 4 heteroatoms. The average molecular weight is 398 g/mol. The van der Waals surface area contributed by atoms with Crippen LogP contribution in [0.25, 0.3) is 0 Å². The van der Waals surface area contributed by atoms with Gasteiger partial charge in [-0.1, -0.05) is 44.0 Å². The van der Waals surface area contributed by atoms with E-state index >= 15 is 0 Å². The Morgan fingerprint density at radius 1 is 1.10 bits per heavy atom. The van der Waals surface area contributed by atoms with Gasteiger partial charge in [0.25, 0.3) is 0 Å². The van der Waals surface area contributed by atoms with E-state index in [1.807, 2.05) is 36.4 Å². The predicted octanol–water partition coefficient (Wildman–Crippen LogP) is 4.62. The minimum absolute atomic E-state index is 0.635. The highest BCUT2D eigenvalue weighted by atomic mass is 79.9. The van der Waals surface area contributed by atoms with Crippen molar-refractivity contribution in [1.82, 2.24) is 0 Å². The van der Waals surface area contributed by atoms with Gasteiger partial charge in [-0.05, 0) is 53.8 Å². The standard InChI is InChI=1S/C16H14Br2O2/c17-12-4-5-13(14(18)9-12)16(19)11-3-6-15-10(8-11)2-1-7-20-15/h3-6,8-9,16,19H,1-2,7H2. The number of rotatable bonds is 2. The summed E-state index contributed by atoms with van der Waals surface area (Å²) in [6.45, 7) is 0.785. The lowest BCUT2D eigenvalue weighted by atomic mass is 9.97. The average Bonchev–Trinajstić information content (AvgIpc) is 2.46. The van der Waals surface area contributed by atoms with Gasteiger partial charge in [0.05, 0.1) is 6.61 Å². The monoisotopic (exact) mass is 396 g/mol. The minimum Gasteiger partial charge on any atom is -0.493 e. The summed E-state index contributed by atoms with van der Waals surface area (Å²) in [7, 11) is 0. The highest BCUT2D eigenvalue weighted by Gasteiger charge is 2.17. The summed E-state index contributed by atoms with van der Waals surface area (Å²) in [6.07, 6.45) is 1.41. The summed E-state index contributed by atoms with van der Waals surface area (Å²) < 4.78 is 7.49. The van der Waals surface area contributed by atoms with Crippen molar-refractivity contribution in [2.45, 2.75) is 18.9 Å². The SMILES string of the molecule is OC(c1ccc2c(c1)CCCO2)c1ccc(Br)cc1Br. The molecule has 0 spiro atoms. The molecular weight excluding hydrogens is 384 g/mol. The largest absolute Gasteiger partial charge is 0.493 e. The number of hydrogen-bond donors (Lipinski definition) is 1. The molecule has 2 aromatic rings. The van der Waals surface area contributed by atoms with E-state index in [9.17, 15) is 5.11 Å². The second-order valence-electron chi connectivity index (χ2n) is 4.89. The van der Waals surface area contributed by atoms with Crippen LogP contribution in [0.5, 0.6) is 5.75 Å². The van der Waals surface area contributed by atoms with Gasteiger partial charge in [-0.2, -0.15) is 0 Å². The molecule has 0 bridgehead atoms. The van der Waals surface area contributed by atoms with Crippen LogP contribution in [0.2, 0.25) is 0 Å². The Balaban J connectivity index is 1.95. The van der Waals surface area contributed by atoms with E-state index < -0.39 is 6.10 Å². The molecule has 20 heavy (non-hydrogen) atoms. The van der Waals surface area contributed by atoms with Crippen LogP contribution < -0.4 is 4.74 Å². The molecule has 1 aliphatic heterocycles. The van der Waals surface area contributed by atoms with Crippen molar-refractivity contribution in [2.24, 2.45) is 0 Å². The fourth-order valence-electron chi connectivity index (χ4n) is 2.45. The van der Waals surface area contributed by atoms with E-state index in [0.717, 1.165) is 45.3 Å². The fraction of sp³-hybridized carbons (Fsp3) is 0.250. The van der Waals surface area contributed by atoms with Gasteiger partial charge in [0.1, 0.15) is 11.9 Å². The van der Waals surface area contributed by atoms with Crippen molar-refractivity contribution in [3.8, 4) is 5.75 Å².